The van der Waals surface area contributed by atoms with Crippen LogP contribution in [-0.2, 0) is 13.0 Å². The highest BCUT2D eigenvalue weighted by Crippen LogP contribution is 2.25. The Bertz CT molecular complexity index is 595. The first-order valence-electron chi connectivity index (χ1n) is 5.85. The minimum atomic E-state index is -0.0534. The number of nitrogens with zero attached hydrogens (tertiary/aromatic N) is 2. The molecule has 0 radical (unpaired) electrons. The van der Waals surface area contributed by atoms with E-state index in [0.717, 1.165) is 4.47 Å². The molecule has 19 heavy (non-hydrogen) atoms. The summed E-state index contributed by atoms with van der Waals surface area (Å²) < 4.78 is 11.4. The van der Waals surface area contributed by atoms with Gasteiger partial charge in [-0.25, -0.2) is 0 Å². The molecule has 0 atom stereocenters. The lowest BCUT2D eigenvalue weighted by Crippen LogP contribution is -2.02. The summed E-state index contributed by atoms with van der Waals surface area (Å²) in [5.74, 6) is 1.48. The van der Waals surface area contributed by atoms with Crippen molar-refractivity contribution in [2.75, 3.05) is 0 Å². The summed E-state index contributed by atoms with van der Waals surface area (Å²) in [7, 11) is 0. The number of hydrogen-bond donors (Lipinski definition) is 0. The fraction of sp³-hybridized carbons (Fsp3) is 0.308. The van der Waals surface area contributed by atoms with Crippen molar-refractivity contribution < 1.29 is 14.1 Å². The van der Waals surface area contributed by atoms with Crippen molar-refractivity contribution in [3.63, 3.8) is 0 Å². The van der Waals surface area contributed by atoms with E-state index in [1.54, 1.807) is 18.2 Å². The number of Topliss-reactive ketones (excluding diaryl/α,β-unsaturated/α-hetero) is 1. The van der Waals surface area contributed by atoms with Crippen LogP contribution in [-0.4, -0.2) is 15.9 Å². The van der Waals surface area contributed by atoms with E-state index in [0.29, 0.717) is 29.4 Å². The van der Waals surface area contributed by atoms with Gasteiger partial charge in [-0.2, -0.15) is 4.98 Å². The highest BCUT2D eigenvalue weighted by Gasteiger charge is 2.11. The molecule has 6 heteroatoms. The quantitative estimate of drug-likeness (QED) is 0.790. The van der Waals surface area contributed by atoms with Crippen molar-refractivity contribution >= 4 is 21.7 Å². The van der Waals surface area contributed by atoms with Crippen LogP contribution in [0.15, 0.2) is 27.2 Å². The molecule has 0 unspecified atom stereocenters. The summed E-state index contributed by atoms with van der Waals surface area (Å²) in [6.07, 6.45) is 0.707. The minimum Gasteiger partial charge on any atom is -0.483 e. The van der Waals surface area contributed by atoms with Crippen LogP contribution < -0.4 is 4.74 Å². The number of ether oxygens (including phenoxy) is 1. The Kier molecular flexibility index (Phi) is 4.31. The molecule has 1 aromatic heterocycles. The number of benzene rings is 1. The maximum absolute atomic E-state index is 11.5. The van der Waals surface area contributed by atoms with Gasteiger partial charge in [0.05, 0.1) is 5.56 Å². The maximum atomic E-state index is 11.5. The molecule has 0 saturated heterocycles. The molecule has 0 N–H and O–H groups in total. The Labute approximate surface area is 119 Å². The Balaban J connectivity index is 2.14. The molecule has 100 valence electrons. The molecule has 0 bridgehead atoms. The number of rotatable bonds is 5. The molecule has 0 aliphatic heterocycles. The van der Waals surface area contributed by atoms with Crippen LogP contribution in [0.1, 0.15) is 35.9 Å². The van der Waals surface area contributed by atoms with E-state index >= 15 is 0 Å². The van der Waals surface area contributed by atoms with E-state index in [-0.39, 0.29) is 12.4 Å². The topological polar surface area (TPSA) is 65.2 Å². The predicted molar refractivity (Wildman–Crippen MR) is 72.2 cm³/mol. The van der Waals surface area contributed by atoms with Gasteiger partial charge in [-0.3, -0.25) is 4.79 Å². The SMILES string of the molecule is CCc1noc(COc2cc(Br)ccc2C(C)=O)n1. The Morgan fingerprint density at radius 3 is 2.89 bits per heavy atom. The van der Waals surface area contributed by atoms with E-state index in [1.165, 1.54) is 6.92 Å². The Morgan fingerprint density at radius 2 is 2.26 bits per heavy atom. The van der Waals surface area contributed by atoms with Gasteiger partial charge in [0.2, 0.25) is 0 Å². The Hall–Kier alpha value is -1.69. The number of ketones is 1. The molecular weight excluding hydrogens is 312 g/mol. The molecular formula is C13H13BrN2O3. The van der Waals surface area contributed by atoms with Crippen molar-refractivity contribution in [1.29, 1.82) is 0 Å². The Morgan fingerprint density at radius 1 is 1.47 bits per heavy atom. The van der Waals surface area contributed by atoms with E-state index in [9.17, 15) is 4.79 Å². The van der Waals surface area contributed by atoms with E-state index in [1.807, 2.05) is 6.92 Å². The van der Waals surface area contributed by atoms with Gasteiger partial charge in [-0.1, -0.05) is 28.0 Å². The standard InChI is InChI=1S/C13H13BrN2O3/c1-3-12-15-13(19-16-12)7-18-11-6-9(14)4-5-10(11)8(2)17/h4-6H,3,7H2,1-2H3. The first-order chi connectivity index (χ1) is 9.10. The molecule has 0 saturated carbocycles. The largest absolute Gasteiger partial charge is 0.483 e. The van der Waals surface area contributed by atoms with Crippen molar-refractivity contribution in [3.05, 3.63) is 40.0 Å². The molecule has 1 heterocycles. The average Bonchev–Trinajstić information content (AvgIpc) is 2.84. The van der Waals surface area contributed by atoms with Gasteiger partial charge in [0, 0.05) is 10.9 Å². The summed E-state index contributed by atoms with van der Waals surface area (Å²) >= 11 is 3.34. The summed E-state index contributed by atoms with van der Waals surface area (Å²) in [6, 6.07) is 5.26. The van der Waals surface area contributed by atoms with Gasteiger partial charge in [-0.15, -0.1) is 0 Å². The fourth-order valence-corrected chi connectivity index (χ4v) is 1.88. The summed E-state index contributed by atoms with van der Waals surface area (Å²) in [4.78, 5) is 15.6. The predicted octanol–water partition coefficient (Wildman–Crippen LogP) is 3.18. The van der Waals surface area contributed by atoms with Gasteiger partial charge < -0.3 is 9.26 Å². The second-order valence-electron chi connectivity index (χ2n) is 3.94. The average molecular weight is 325 g/mol. The van der Waals surface area contributed by atoms with Crippen LogP contribution in [0.4, 0.5) is 0 Å². The van der Waals surface area contributed by atoms with E-state index < -0.39 is 0 Å². The van der Waals surface area contributed by atoms with Crippen LogP contribution >= 0.6 is 15.9 Å². The third-order valence-electron chi connectivity index (χ3n) is 2.50. The molecule has 0 amide bonds. The van der Waals surface area contributed by atoms with Crippen molar-refractivity contribution in [2.24, 2.45) is 0 Å². The first kappa shape index (κ1) is 13.7. The van der Waals surface area contributed by atoms with Crippen LogP contribution in [0.5, 0.6) is 5.75 Å². The third-order valence-corrected chi connectivity index (χ3v) is 2.99. The van der Waals surface area contributed by atoms with Crippen LogP contribution in [0.2, 0.25) is 0 Å². The molecule has 0 aliphatic rings. The number of aromatic nitrogens is 2. The lowest BCUT2D eigenvalue weighted by Gasteiger charge is -2.08. The van der Waals surface area contributed by atoms with Crippen LogP contribution in [0.3, 0.4) is 0 Å². The minimum absolute atomic E-state index is 0.0534. The van der Waals surface area contributed by atoms with Crippen LogP contribution in [0, 0.1) is 0 Å². The van der Waals surface area contributed by atoms with Crippen molar-refractivity contribution in [3.8, 4) is 5.75 Å². The number of carbonyl (C=O) groups excluding carboxylic acids is 1. The van der Waals surface area contributed by atoms with Gasteiger partial charge in [0.15, 0.2) is 18.2 Å². The highest BCUT2D eigenvalue weighted by molar-refractivity contribution is 9.10. The van der Waals surface area contributed by atoms with E-state index in [4.69, 9.17) is 9.26 Å². The normalized spacial score (nSPS) is 10.5. The summed E-state index contributed by atoms with van der Waals surface area (Å²) in [5, 5.41) is 3.78. The van der Waals surface area contributed by atoms with Gasteiger partial charge >= 0.3 is 0 Å². The van der Waals surface area contributed by atoms with Gasteiger partial charge in [-0.05, 0) is 25.1 Å². The first-order valence-corrected chi connectivity index (χ1v) is 6.64. The summed E-state index contributed by atoms with van der Waals surface area (Å²) in [6.45, 7) is 3.58. The van der Waals surface area contributed by atoms with Crippen molar-refractivity contribution in [1.82, 2.24) is 10.1 Å². The molecule has 2 rings (SSSR count). The fourth-order valence-electron chi connectivity index (χ4n) is 1.54. The number of hydrogen-bond acceptors (Lipinski definition) is 5. The second kappa shape index (κ2) is 5.97. The lowest BCUT2D eigenvalue weighted by molar-refractivity contribution is 0.101. The van der Waals surface area contributed by atoms with E-state index in [2.05, 4.69) is 26.1 Å². The van der Waals surface area contributed by atoms with Crippen LogP contribution in [0.25, 0.3) is 0 Å². The number of carbonyl (C=O) groups is 1. The molecule has 5 nitrogen and oxygen atoms in total. The van der Waals surface area contributed by atoms with Crippen molar-refractivity contribution in [2.45, 2.75) is 26.9 Å². The molecule has 2 aromatic rings. The maximum Gasteiger partial charge on any atom is 0.264 e. The molecule has 0 spiro atoms. The highest BCUT2D eigenvalue weighted by atomic mass is 79.9. The monoisotopic (exact) mass is 324 g/mol. The second-order valence-corrected chi connectivity index (χ2v) is 4.86. The molecule has 1 aromatic carbocycles. The molecule has 0 fully saturated rings. The van der Waals surface area contributed by atoms with Gasteiger partial charge in [0.25, 0.3) is 5.89 Å². The zero-order valence-electron chi connectivity index (χ0n) is 10.6. The third kappa shape index (κ3) is 3.41. The zero-order valence-corrected chi connectivity index (χ0v) is 12.2. The smallest absolute Gasteiger partial charge is 0.264 e. The number of halogens is 1. The molecule has 0 aliphatic carbocycles. The lowest BCUT2D eigenvalue weighted by atomic mass is 10.1. The van der Waals surface area contributed by atoms with Gasteiger partial charge in [0.1, 0.15) is 5.75 Å². The summed E-state index contributed by atoms with van der Waals surface area (Å²) in [5.41, 5.74) is 0.526. The number of aryl methyl sites for hydroxylation is 1. The zero-order chi connectivity index (χ0) is 13.8.